The molecule has 18 heavy (non-hydrogen) atoms. The lowest BCUT2D eigenvalue weighted by molar-refractivity contribution is 0.226. The maximum atomic E-state index is 6.34. The number of hydrogen-bond donors (Lipinski definition) is 1. The standard InChI is InChI=1S/C17H27N/c1-12(17(2,3)4)9-15(18)11-14-10-13-7-5-6-8-16(13)14/h5-8,12,14-15H,9-11,18H2,1-4H3. The van der Waals surface area contributed by atoms with Crippen molar-refractivity contribution in [1.82, 2.24) is 0 Å². The summed E-state index contributed by atoms with van der Waals surface area (Å²) in [6.07, 6.45) is 3.52. The lowest BCUT2D eigenvalue weighted by atomic mass is 9.72. The summed E-state index contributed by atoms with van der Waals surface area (Å²) < 4.78 is 0. The summed E-state index contributed by atoms with van der Waals surface area (Å²) >= 11 is 0. The van der Waals surface area contributed by atoms with E-state index in [2.05, 4.69) is 52.0 Å². The predicted octanol–water partition coefficient (Wildman–Crippen LogP) is 4.12. The largest absolute Gasteiger partial charge is 0.328 e. The minimum Gasteiger partial charge on any atom is -0.328 e. The Balaban J connectivity index is 1.85. The molecule has 0 radical (unpaired) electrons. The number of fused-ring (bicyclic) bond motifs is 1. The van der Waals surface area contributed by atoms with Crippen molar-refractivity contribution in [2.45, 2.75) is 58.9 Å². The van der Waals surface area contributed by atoms with Gasteiger partial charge in [0.1, 0.15) is 0 Å². The first kappa shape index (κ1) is 13.6. The van der Waals surface area contributed by atoms with Crippen molar-refractivity contribution in [2.24, 2.45) is 17.1 Å². The average molecular weight is 245 g/mol. The van der Waals surface area contributed by atoms with E-state index in [1.54, 1.807) is 0 Å². The molecule has 1 aliphatic rings. The van der Waals surface area contributed by atoms with Gasteiger partial charge >= 0.3 is 0 Å². The van der Waals surface area contributed by atoms with Crippen molar-refractivity contribution < 1.29 is 0 Å². The van der Waals surface area contributed by atoms with Crippen LogP contribution in [0.5, 0.6) is 0 Å². The molecular formula is C17H27N. The van der Waals surface area contributed by atoms with Crippen molar-refractivity contribution in [3.63, 3.8) is 0 Å². The molecule has 0 amide bonds. The number of nitrogens with two attached hydrogens (primary N) is 1. The van der Waals surface area contributed by atoms with E-state index in [-0.39, 0.29) is 0 Å². The van der Waals surface area contributed by atoms with Crippen molar-refractivity contribution in [3.05, 3.63) is 35.4 Å². The van der Waals surface area contributed by atoms with Crippen LogP contribution in [0.25, 0.3) is 0 Å². The fourth-order valence-corrected chi connectivity index (χ4v) is 2.84. The van der Waals surface area contributed by atoms with E-state index in [1.165, 1.54) is 17.5 Å². The van der Waals surface area contributed by atoms with Gasteiger partial charge in [0, 0.05) is 6.04 Å². The molecule has 1 aromatic rings. The van der Waals surface area contributed by atoms with Gasteiger partial charge in [0.05, 0.1) is 0 Å². The summed E-state index contributed by atoms with van der Waals surface area (Å²) in [7, 11) is 0. The van der Waals surface area contributed by atoms with Gasteiger partial charge in [-0.2, -0.15) is 0 Å². The summed E-state index contributed by atoms with van der Waals surface area (Å²) in [5, 5.41) is 0. The maximum absolute atomic E-state index is 6.34. The Morgan fingerprint density at radius 1 is 1.28 bits per heavy atom. The van der Waals surface area contributed by atoms with Crippen LogP contribution in [0, 0.1) is 11.3 Å². The third kappa shape index (κ3) is 2.95. The number of hydrogen-bond acceptors (Lipinski definition) is 1. The van der Waals surface area contributed by atoms with Crippen LogP contribution in [0.1, 0.15) is 57.6 Å². The Morgan fingerprint density at radius 2 is 1.94 bits per heavy atom. The quantitative estimate of drug-likeness (QED) is 0.848. The monoisotopic (exact) mass is 245 g/mol. The highest BCUT2D eigenvalue weighted by molar-refractivity contribution is 5.39. The first-order valence-electron chi connectivity index (χ1n) is 7.21. The topological polar surface area (TPSA) is 26.0 Å². The zero-order valence-electron chi connectivity index (χ0n) is 12.2. The third-order valence-corrected chi connectivity index (χ3v) is 4.68. The number of benzene rings is 1. The average Bonchev–Trinajstić information content (AvgIpc) is 2.24. The zero-order valence-corrected chi connectivity index (χ0v) is 12.2. The molecule has 3 atom stereocenters. The van der Waals surface area contributed by atoms with Crippen LogP contribution in [0.15, 0.2) is 24.3 Å². The molecule has 1 nitrogen and oxygen atoms in total. The molecule has 1 heteroatoms. The highest BCUT2D eigenvalue weighted by atomic mass is 14.6. The van der Waals surface area contributed by atoms with Gasteiger partial charge in [0.25, 0.3) is 0 Å². The van der Waals surface area contributed by atoms with E-state index in [4.69, 9.17) is 5.73 Å². The highest BCUT2D eigenvalue weighted by Gasteiger charge is 2.29. The van der Waals surface area contributed by atoms with Gasteiger partial charge in [-0.1, -0.05) is 52.0 Å². The lowest BCUT2D eigenvalue weighted by Crippen LogP contribution is -2.32. The molecule has 2 rings (SSSR count). The van der Waals surface area contributed by atoms with Crippen molar-refractivity contribution in [3.8, 4) is 0 Å². The molecule has 0 saturated carbocycles. The summed E-state index contributed by atoms with van der Waals surface area (Å²) in [6, 6.07) is 9.14. The second-order valence-corrected chi connectivity index (χ2v) is 7.10. The van der Waals surface area contributed by atoms with Gasteiger partial charge in [-0.15, -0.1) is 0 Å². The molecule has 0 fully saturated rings. The van der Waals surface area contributed by atoms with Gasteiger partial charge in [0.15, 0.2) is 0 Å². The van der Waals surface area contributed by atoms with Gasteiger partial charge in [-0.25, -0.2) is 0 Å². The van der Waals surface area contributed by atoms with Crippen LogP contribution in [-0.2, 0) is 6.42 Å². The van der Waals surface area contributed by atoms with E-state index in [0.29, 0.717) is 23.3 Å². The van der Waals surface area contributed by atoms with Gasteiger partial charge in [-0.3, -0.25) is 0 Å². The molecule has 0 bridgehead atoms. The fraction of sp³-hybridized carbons (Fsp3) is 0.647. The molecule has 0 aromatic heterocycles. The minimum absolute atomic E-state index is 0.345. The minimum atomic E-state index is 0.345. The number of rotatable bonds is 4. The smallest absolute Gasteiger partial charge is 0.00475 e. The molecule has 100 valence electrons. The van der Waals surface area contributed by atoms with Crippen LogP contribution in [0.2, 0.25) is 0 Å². The molecule has 0 saturated heterocycles. The SMILES string of the molecule is CC(CC(N)CC1Cc2ccccc21)C(C)(C)C. The Morgan fingerprint density at radius 3 is 2.56 bits per heavy atom. The molecule has 0 spiro atoms. The van der Waals surface area contributed by atoms with Crippen molar-refractivity contribution in [2.75, 3.05) is 0 Å². The van der Waals surface area contributed by atoms with E-state index < -0.39 is 0 Å². The van der Waals surface area contributed by atoms with Crippen LogP contribution >= 0.6 is 0 Å². The van der Waals surface area contributed by atoms with Crippen LogP contribution < -0.4 is 5.73 Å². The molecule has 2 N–H and O–H groups in total. The van der Waals surface area contributed by atoms with E-state index in [0.717, 1.165) is 12.8 Å². The third-order valence-electron chi connectivity index (χ3n) is 4.68. The first-order chi connectivity index (χ1) is 8.38. The van der Waals surface area contributed by atoms with E-state index >= 15 is 0 Å². The zero-order chi connectivity index (χ0) is 13.3. The molecule has 1 aliphatic carbocycles. The van der Waals surface area contributed by atoms with Gasteiger partial charge in [-0.05, 0) is 47.6 Å². The second kappa shape index (κ2) is 5.05. The van der Waals surface area contributed by atoms with Crippen LogP contribution in [0.3, 0.4) is 0 Å². The summed E-state index contributed by atoms with van der Waals surface area (Å²) in [4.78, 5) is 0. The molecular weight excluding hydrogens is 218 g/mol. The summed E-state index contributed by atoms with van der Waals surface area (Å²) in [5.74, 6) is 1.39. The molecule has 0 aliphatic heterocycles. The highest BCUT2D eigenvalue weighted by Crippen LogP contribution is 2.39. The Labute approximate surface area is 112 Å². The molecule has 3 unspecified atom stereocenters. The van der Waals surface area contributed by atoms with Crippen LogP contribution in [0.4, 0.5) is 0 Å². The normalized spacial score (nSPS) is 21.9. The predicted molar refractivity (Wildman–Crippen MR) is 78.7 cm³/mol. The summed E-state index contributed by atoms with van der Waals surface area (Å²) in [6.45, 7) is 9.25. The van der Waals surface area contributed by atoms with E-state index in [1.807, 2.05) is 0 Å². The van der Waals surface area contributed by atoms with Crippen molar-refractivity contribution in [1.29, 1.82) is 0 Å². The van der Waals surface area contributed by atoms with Gasteiger partial charge < -0.3 is 5.73 Å². The van der Waals surface area contributed by atoms with Crippen molar-refractivity contribution >= 4 is 0 Å². The Hall–Kier alpha value is -0.820. The first-order valence-corrected chi connectivity index (χ1v) is 7.21. The summed E-state index contributed by atoms with van der Waals surface area (Å²) in [5.41, 5.74) is 9.77. The van der Waals surface area contributed by atoms with E-state index in [9.17, 15) is 0 Å². The van der Waals surface area contributed by atoms with Crippen LogP contribution in [-0.4, -0.2) is 6.04 Å². The molecule has 1 aromatic carbocycles. The maximum Gasteiger partial charge on any atom is 0.00475 e. The second-order valence-electron chi connectivity index (χ2n) is 7.10. The molecule has 0 heterocycles. The lowest BCUT2D eigenvalue weighted by Gasteiger charge is -2.34. The Kier molecular flexibility index (Phi) is 3.82. The fourth-order valence-electron chi connectivity index (χ4n) is 2.84. The van der Waals surface area contributed by atoms with Gasteiger partial charge in [0.2, 0.25) is 0 Å². The Bertz CT molecular complexity index is 402.